The molecule has 0 aliphatic carbocycles. The minimum absolute atomic E-state index is 0.590. The van der Waals surface area contributed by atoms with Crippen LogP contribution in [0.15, 0.2) is 61.2 Å². The highest BCUT2D eigenvalue weighted by atomic mass is 16.6. The lowest BCUT2D eigenvalue weighted by atomic mass is 9.95. The van der Waals surface area contributed by atoms with E-state index in [-0.39, 0.29) is 0 Å². The Morgan fingerprint density at radius 3 is 2.52 bits per heavy atom. The lowest BCUT2D eigenvalue weighted by Crippen LogP contribution is -2.15. The standard InChI is InChI=1S/C26H24O3/c1-4-20-10-8-19(16-25(20)27-3)9-11-21-6-5-7-23(18(21)2)22-12-13-24-26(17-22)29-15-14-28-24/h4-13,16-17H,1,14-15H2,2-3H3/b11-9+. The first-order chi connectivity index (χ1) is 14.2. The van der Waals surface area contributed by atoms with Crippen LogP contribution in [-0.4, -0.2) is 20.3 Å². The first kappa shape index (κ1) is 18.9. The van der Waals surface area contributed by atoms with Crippen molar-refractivity contribution in [1.29, 1.82) is 0 Å². The highest BCUT2D eigenvalue weighted by Gasteiger charge is 2.13. The smallest absolute Gasteiger partial charge is 0.161 e. The number of ether oxygens (including phenoxy) is 3. The van der Waals surface area contributed by atoms with Gasteiger partial charge in [0.25, 0.3) is 0 Å². The van der Waals surface area contributed by atoms with Gasteiger partial charge in [-0.15, -0.1) is 0 Å². The SMILES string of the molecule is C=Cc1ccc(/C=C/c2cccc(-c3ccc4c(c3)OCCO4)c2C)cc1OC. The lowest BCUT2D eigenvalue weighted by Gasteiger charge is -2.19. The summed E-state index contributed by atoms with van der Waals surface area (Å²) in [6, 6.07) is 18.6. The van der Waals surface area contributed by atoms with Crippen molar-refractivity contribution in [1.82, 2.24) is 0 Å². The van der Waals surface area contributed by atoms with Gasteiger partial charge in [0.15, 0.2) is 11.5 Å². The Morgan fingerprint density at radius 2 is 1.72 bits per heavy atom. The largest absolute Gasteiger partial charge is 0.496 e. The van der Waals surface area contributed by atoms with Gasteiger partial charge in [-0.1, -0.05) is 61.2 Å². The van der Waals surface area contributed by atoms with Crippen molar-refractivity contribution >= 4 is 18.2 Å². The second-order valence-corrected chi connectivity index (χ2v) is 6.92. The van der Waals surface area contributed by atoms with Crippen LogP contribution in [0.3, 0.4) is 0 Å². The van der Waals surface area contributed by atoms with Crippen molar-refractivity contribution in [3.8, 4) is 28.4 Å². The third-order valence-electron chi connectivity index (χ3n) is 5.16. The van der Waals surface area contributed by atoms with Crippen LogP contribution >= 0.6 is 0 Å². The van der Waals surface area contributed by atoms with Gasteiger partial charge in [-0.2, -0.15) is 0 Å². The first-order valence-electron chi connectivity index (χ1n) is 9.68. The van der Waals surface area contributed by atoms with Gasteiger partial charge in [0, 0.05) is 5.56 Å². The molecule has 29 heavy (non-hydrogen) atoms. The summed E-state index contributed by atoms with van der Waals surface area (Å²) in [4.78, 5) is 0. The van der Waals surface area contributed by atoms with E-state index in [0.717, 1.165) is 33.9 Å². The number of fused-ring (bicyclic) bond motifs is 1. The maximum absolute atomic E-state index is 5.74. The predicted molar refractivity (Wildman–Crippen MR) is 120 cm³/mol. The minimum atomic E-state index is 0.590. The van der Waals surface area contributed by atoms with Crippen LogP contribution in [0.5, 0.6) is 17.2 Å². The summed E-state index contributed by atoms with van der Waals surface area (Å²) in [5.41, 5.74) is 6.76. The number of hydrogen-bond acceptors (Lipinski definition) is 3. The Balaban J connectivity index is 1.65. The molecule has 0 saturated carbocycles. The van der Waals surface area contributed by atoms with Crippen LogP contribution in [0.1, 0.15) is 22.3 Å². The normalized spacial score (nSPS) is 12.8. The number of benzene rings is 3. The first-order valence-corrected chi connectivity index (χ1v) is 9.68. The molecule has 1 heterocycles. The van der Waals surface area contributed by atoms with Crippen molar-refractivity contribution in [2.45, 2.75) is 6.92 Å². The van der Waals surface area contributed by atoms with Crippen LogP contribution in [-0.2, 0) is 0 Å². The fourth-order valence-corrected chi connectivity index (χ4v) is 3.54. The van der Waals surface area contributed by atoms with Crippen LogP contribution in [0.25, 0.3) is 29.4 Å². The molecule has 3 heteroatoms. The molecule has 146 valence electrons. The third-order valence-corrected chi connectivity index (χ3v) is 5.16. The molecule has 0 unspecified atom stereocenters. The van der Waals surface area contributed by atoms with Gasteiger partial charge in [-0.05, 0) is 52.9 Å². The summed E-state index contributed by atoms with van der Waals surface area (Å²) in [5, 5.41) is 0. The average molecular weight is 384 g/mol. The van der Waals surface area contributed by atoms with E-state index in [1.807, 2.05) is 18.2 Å². The summed E-state index contributed by atoms with van der Waals surface area (Å²) in [5.74, 6) is 2.44. The Labute approximate surface area is 171 Å². The summed E-state index contributed by atoms with van der Waals surface area (Å²) in [7, 11) is 1.68. The summed E-state index contributed by atoms with van der Waals surface area (Å²) in [6.45, 7) is 7.16. The van der Waals surface area contributed by atoms with Gasteiger partial charge < -0.3 is 14.2 Å². The van der Waals surface area contributed by atoms with Gasteiger partial charge >= 0.3 is 0 Å². The zero-order valence-electron chi connectivity index (χ0n) is 16.8. The molecule has 0 aromatic heterocycles. The fraction of sp³-hybridized carbons (Fsp3) is 0.154. The molecule has 0 atom stereocenters. The molecule has 0 saturated heterocycles. The molecule has 3 nitrogen and oxygen atoms in total. The quantitative estimate of drug-likeness (QED) is 0.486. The molecular weight excluding hydrogens is 360 g/mol. The lowest BCUT2D eigenvalue weighted by molar-refractivity contribution is 0.171. The van der Waals surface area contributed by atoms with Crippen LogP contribution in [0.4, 0.5) is 0 Å². The molecule has 0 spiro atoms. The van der Waals surface area contributed by atoms with Crippen LogP contribution < -0.4 is 14.2 Å². The Hall–Kier alpha value is -3.46. The van der Waals surface area contributed by atoms with E-state index in [2.05, 4.69) is 62.1 Å². The molecule has 0 radical (unpaired) electrons. The van der Waals surface area contributed by atoms with Gasteiger partial charge in [0.2, 0.25) is 0 Å². The van der Waals surface area contributed by atoms with Gasteiger partial charge in [0.1, 0.15) is 19.0 Å². The molecule has 0 bridgehead atoms. The topological polar surface area (TPSA) is 27.7 Å². The molecule has 0 amide bonds. The second kappa shape index (κ2) is 8.27. The molecule has 1 aliphatic rings. The van der Waals surface area contributed by atoms with E-state index in [4.69, 9.17) is 14.2 Å². The van der Waals surface area contributed by atoms with E-state index in [1.54, 1.807) is 13.2 Å². The van der Waals surface area contributed by atoms with Crippen molar-refractivity contribution in [3.63, 3.8) is 0 Å². The highest BCUT2D eigenvalue weighted by molar-refractivity contribution is 5.79. The maximum Gasteiger partial charge on any atom is 0.161 e. The maximum atomic E-state index is 5.74. The van der Waals surface area contributed by atoms with E-state index in [9.17, 15) is 0 Å². The van der Waals surface area contributed by atoms with Crippen molar-refractivity contribution in [2.75, 3.05) is 20.3 Å². The van der Waals surface area contributed by atoms with E-state index in [1.165, 1.54) is 16.7 Å². The Bertz CT molecular complexity index is 1080. The molecular formula is C26H24O3. The van der Waals surface area contributed by atoms with Crippen LogP contribution in [0.2, 0.25) is 0 Å². The number of methoxy groups -OCH3 is 1. The monoisotopic (exact) mass is 384 g/mol. The van der Waals surface area contributed by atoms with E-state index in [0.29, 0.717) is 13.2 Å². The Morgan fingerprint density at radius 1 is 0.897 bits per heavy atom. The molecule has 1 aliphatic heterocycles. The van der Waals surface area contributed by atoms with Crippen molar-refractivity contribution in [2.24, 2.45) is 0 Å². The average Bonchev–Trinajstić information content (AvgIpc) is 2.77. The summed E-state index contributed by atoms with van der Waals surface area (Å²) in [6.07, 6.45) is 6.04. The number of hydrogen-bond donors (Lipinski definition) is 0. The predicted octanol–water partition coefficient (Wildman–Crippen LogP) is 6.26. The molecule has 3 aromatic rings. The molecule has 4 rings (SSSR count). The zero-order valence-corrected chi connectivity index (χ0v) is 16.8. The van der Waals surface area contributed by atoms with Gasteiger partial charge in [0.05, 0.1) is 7.11 Å². The second-order valence-electron chi connectivity index (χ2n) is 6.92. The zero-order chi connectivity index (χ0) is 20.2. The molecule has 0 N–H and O–H groups in total. The third kappa shape index (κ3) is 3.90. The van der Waals surface area contributed by atoms with Crippen molar-refractivity contribution in [3.05, 3.63) is 83.4 Å². The Kier molecular flexibility index (Phi) is 5.39. The van der Waals surface area contributed by atoms with E-state index >= 15 is 0 Å². The molecule has 0 fully saturated rings. The van der Waals surface area contributed by atoms with Crippen LogP contribution in [0, 0.1) is 6.92 Å². The van der Waals surface area contributed by atoms with E-state index < -0.39 is 0 Å². The van der Waals surface area contributed by atoms with Gasteiger partial charge in [-0.3, -0.25) is 0 Å². The van der Waals surface area contributed by atoms with Gasteiger partial charge in [-0.25, -0.2) is 0 Å². The molecule has 3 aromatic carbocycles. The highest BCUT2D eigenvalue weighted by Crippen LogP contribution is 2.36. The number of rotatable bonds is 5. The minimum Gasteiger partial charge on any atom is -0.496 e. The summed E-state index contributed by atoms with van der Waals surface area (Å²) >= 11 is 0. The summed E-state index contributed by atoms with van der Waals surface area (Å²) < 4.78 is 16.8. The fourth-order valence-electron chi connectivity index (χ4n) is 3.54. The van der Waals surface area contributed by atoms with Crippen molar-refractivity contribution < 1.29 is 14.2 Å².